The quantitative estimate of drug-likeness (QED) is 0.0212. The molecule has 0 aliphatic rings. The van der Waals surface area contributed by atoms with Crippen molar-refractivity contribution < 1.29 is 42.1 Å². The summed E-state index contributed by atoms with van der Waals surface area (Å²) in [5.41, 5.74) is 0. The van der Waals surface area contributed by atoms with Gasteiger partial charge in [0.1, 0.15) is 19.8 Å². The van der Waals surface area contributed by atoms with Crippen LogP contribution in [0.3, 0.4) is 0 Å². The zero-order valence-corrected chi connectivity index (χ0v) is 41.0. The first kappa shape index (κ1) is 59.2. The molecule has 2 atom stereocenters. The SMILES string of the molecule is CC/C=C/C/C=C/C/C=C/C/C=C/C/C=C/CCCCCC(=O)O[C@H](COC(=O)CCCCCCCCCCC/C=C/C/C=C/CCCCC)COP(=O)(O)OCC[N+](C)(C)C. The van der Waals surface area contributed by atoms with Gasteiger partial charge in [-0.05, 0) is 89.9 Å². The van der Waals surface area contributed by atoms with Gasteiger partial charge in [-0.25, -0.2) is 4.57 Å². The van der Waals surface area contributed by atoms with Crippen molar-refractivity contribution in [1.82, 2.24) is 0 Å². The monoisotopic (exact) mass is 889 g/mol. The number of likely N-dealkylation sites (N-methyl/N-ethyl adjacent to an activating group) is 1. The highest BCUT2D eigenvalue weighted by atomic mass is 31.2. The summed E-state index contributed by atoms with van der Waals surface area (Å²) in [4.78, 5) is 35.5. The summed E-state index contributed by atoms with van der Waals surface area (Å²) in [5.74, 6) is -0.846. The lowest BCUT2D eigenvalue weighted by molar-refractivity contribution is -0.870. The van der Waals surface area contributed by atoms with Crippen molar-refractivity contribution in [3.8, 4) is 0 Å². The number of ether oxygens (including phenoxy) is 2. The predicted octanol–water partition coefficient (Wildman–Crippen LogP) is 14.4. The molecule has 0 fully saturated rings. The number of phosphoric acid groups is 1. The molecule has 9 nitrogen and oxygen atoms in total. The average molecular weight is 889 g/mol. The Labute approximate surface area is 380 Å². The van der Waals surface area contributed by atoms with Gasteiger partial charge in [-0.1, -0.05) is 163 Å². The third-order valence-electron chi connectivity index (χ3n) is 9.91. The van der Waals surface area contributed by atoms with Crippen LogP contribution >= 0.6 is 7.82 Å². The minimum absolute atomic E-state index is 0.0198. The highest BCUT2D eigenvalue weighted by Crippen LogP contribution is 2.43. The second-order valence-electron chi connectivity index (χ2n) is 17.1. The number of carbonyl (C=O) groups is 2. The first-order valence-electron chi connectivity index (χ1n) is 24.3. The molecule has 0 aliphatic heterocycles. The number of hydrogen-bond acceptors (Lipinski definition) is 7. The van der Waals surface area contributed by atoms with Crippen LogP contribution in [-0.2, 0) is 32.7 Å². The lowest BCUT2D eigenvalue weighted by Crippen LogP contribution is -2.37. The molecule has 1 unspecified atom stereocenters. The second kappa shape index (κ2) is 43.4. The Morgan fingerprint density at radius 2 is 0.919 bits per heavy atom. The van der Waals surface area contributed by atoms with E-state index in [-0.39, 0.29) is 32.0 Å². The van der Waals surface area contributed by atoms with Crippen LogP contribution in [0.2, 0.25) is 0 Å². The van der Waals surface area contributed by atoms with Crippen molar-refractivity contribution in [1.29, 1.82) is 0 Å². The fourth-order valence-electron chi connectivity index (χ4n) is 6.13. The van der Waals surface area contributed by atoms with E-state index in [1.165, 1.54) is 57.8 Å². The van der Waals surface area contributed by atoms with E-state index >= 15 is 0 Å². The zero-order valence-electron chi connectivity index (χ0n) is 40.1. The number of nitrogens with zero attached hydrogens (tertiary/aromatic N) is 1. The fraction of sp³-hybridized carbons (Fsp3) is 0.692. The molecule has 0 aromatic carbocycles. The van der Waals surface area contributed by atoms with Gasteiger partial charge in [0.25, 0.3) is 0 Å². The molecule has 0 spiro atoms. The summed E-state index contributed by atoms with van der Waals surface area (Å²) >= 11 is 0. The number of rotatable bonds is 43. The van der Waals surface area contributed by atoms with Gasteiger partial charge in [-0.15, -0.1) is 0 Å². The first-order valence-corrected chi connectivity index (χ1v) is 25.8. The van der Waals surface area contributed by atoms with Gasteiger partial charge in [0.2, 0.25) is 0 Å². The van der Waals surface area contributed by atoms with E-state index in [0.29, 0.717) is 17.4 Å². The molecule has 0 saturated heterocycles. The molecule has 356 valence electrons. The third kappa shape index (κ3) is 46.7. The predicted molar refractivity (Wildman–Crippen MR) is 261 cm³/mol. The normalized spacial score (nSPS) is 14.2. The molecule has 0 aromatic heterocycles. The molecular formula is C52H91NO8P+. The molecule has 0 radical (unpaired) electrons. The summed E-state index contributed by atoms with van der Waals surface area (Å²) in [6, 6.07) is 0. The number of esters is 2. The summed E-state index contributed by atoms with van der Waals surface area (Å²) in [6.07, 6.45) is 56.3. The average Bonchev–Trinajstić information content (AvgIpc) is 3.23. The number of carbonyl (C=O) groups excluding carboxylic acids is 2. The third-order valence-corrected chi connectivity index (χ3v) is 10.9. The Bertz CT molecular complexity index is 1330. The molecule has 0 bridgehead atoms. The standard InChI is InChI=1S/C52H90NO8P/c1-6-8-10-12-14-16-18-20-22-24-26-28-30-32-34-36-38-40-42-44-51(54)58-48-50(49-60-62(56,57)59-47-46-53(3,4)5)61-52(55)45-43-41-39-37-35-33-31-29-27-25-23-21-19-17-15-13-11-9-7-2/h9,11,14-17,20-23,27,29,33,35,50H,6-8,10,12-13,18-19,24-26,28,30-32,34,36-49H2,1-5H3/p+1/b11-9+,16-14+,17-15+,22-20+,23-21+,29-27+,35-33+/t50-/m1/s1. The molecule has 10 heteroatoms. The molecule has 0 aliphatic carbocycles. The lowest BCUT2D eigenvalue weighted by Gasteiger charge is -2.24. The van der Waals surface area contributed by atoms with Crippen LogP contribution in [0.4, 0.5) is 0 Å². The summed E-state index contributed by atoms with van der Waals surface area (Å²) < 4.78 is 34.4. The van der Waals surface area contributed by atoms with E-state index in [4.69, 9.17) is 18.5 Å². The first-order chi connectivity index (χ1) is 30.0. The lowest BCUT2D eigenvalue weighted by atomic mass is 10.1. The van der Waals surface area contributed by atoms with E-state index in [9.17, 15) is 19.0 Å². The summed E-state index contributed by atoms with van der Waals surface area (Å²) in [5, 5.41) is 0. The van der Waals surface area contributed by atoms with Crippen molar-refractivity contribution in [2.75, 3.05) is 47.5 Å². The fourth-order valence-corrected chi connectivity index (χ4v) is 6.87. The highest BCUT2D eigenvalue weighted by molar-refractivity contribution is 7.47. The summed E-state index contributed by atoms with van der Waals surface area (Å²) in [6.45, 7) is 4.23. The van der Waals surface area contributed by atoms with Crippen LogP contribution < -0.4 is 0 Å². The van der Waals surface area contributed by atoms with Gasteiger partial charge < -0.3 is 18.9 Å². The number of hydrogen-bond donors (Lipinski definition) is 1. The summed E-state index contributed by atoms with van der Waals surface area (Å²) in [7, 11) is 1.44. The van der Waals surface area contributed by atoms with E-state index in [0.717, 1.165) is 89.9 Å². The van der Waals surface area contributed by atoms with Crippen LogP contribution in [0.5, 0.6) is 0 Å². The molecule has 0 heterocycles. The van der Waals surface area contributed by atoms with Crippen molar-refractivity contribution >= 4 is 19.8 Å². The van der Waals surface area contributed by atoms with Crippen LogP contribution in [0.15, 0.2) is 85.1 Å². The smallest absolute Gasteiger partial charge is 0.462 e. The number of allylic oxidation sites excluding steroid dienone is 14. The second-order valence-corrected chi connectivity index (χ2v) is 18.6. The van der Waals surface area contributed by atoms with Crippen LogP contribution in [0, 0.1) is 0 Å². The number of phosphoric ester groups is 1. The van der Waals surface area contributed by atoms with E-state index in [1.807, 2.05) is 21.1 Å². The Balaban J connectivity index is 4.38. The van der Waals surface area contributed by atoms with Crippen molar-refractivity contribution in [2.24, 2.45) is 0 Å². The zero-order chi connectivity index (χ0) is 45.7. The Morgan fingerprint density at radius 3 is 1.39 bits per heavy atom. The van der Waals surface area contributed by atoms with Gasteiger partial charge in [0, 0.05) is 12.8 Å². The number of quaternary nitrogens is 1. The maximum Gasteiger partial charge on any atom is 0.472 e. The Morgan fingerprint density at radius 1 is 0.516 bits per heavy atom. The van der Waals surface area contributed by atoms with E-state index in [2.05, 4.69) is 98.9 Å². The van der Waals surface area contributed by atoms with Crippen LogP contribution in [0.1, 0.15) is 181 Å². The van der Waals surface area contributed by atoms with Crippen LogP contribution in [-0.4, -0.2) is 74.9 Å². The maximum absolute atomic E-state index is 12.7. The van der Waals surface area contributed by atoms with Crippen molar-refractivity contribution in [3.05, 3.63) is 85.1 Å². The molecule has 0 aromatic rings. The van der Waals surface area contributed by atoms with Gasteiger partial charge >= 0.3 is 19.8 Å². The number of unbranched alkanes of at least 4 members (excludes halogenated alkanes) is 15. The van der Waals surface area contributed by atoms with Gasteiger partial charge in [0.15, 0.2) is 6.10 Å². The minimum Gasteiger partial charge on any atom is -0.462 e. The van der Waals surface area contributed by atoms with Gasteiger partial charge in [-0.2, -0.15) is 0 Å². The van der Waals surface area contributed by atoms with Crippen molar-refractivity contribution in [2.45, 2.75) is 187 Å². The van der Waals surface area contributed by atoms with Crippen molar-refractivity contribution in [3.63, 3.8) is 0 Å². The van der Waals surface area contributed by atoms with Gasteiger partial charge in [-0.3, -0.25) is 18.6 Å². The molecular weight excluding hydrogens is 798 g/mol. The maximum atomic E-state index is 12.7. The molecule has 0 saturated carbocycles. The molecule has 0 rings (SSSR count). The molecule has 0 amide bonds. The minimum atomic E-state index is -4.39. The Kier molecular flexibility index (Phi) is 41.5. The topological polar surface area (TPSA) is 108 Å². The highest BCUT2D eigenvalue weighted by Gasteiger charge is 2.27. The van der Waals surface area contributed by atoms with Crippen LogP contribution in [0.25, 0.3) is 0 Å². The Hall–Kier alpha value is -2.81. The van der Waals surface area contributed by atoms with Gasteiger partial charge in [0.05, 0.1) is 27.7 Å². The molecule has 62 heavy (non-hydrogen) atoms. The molecule has 1 N–H and O–H groups in total. The van der Waals surface area contributed by atoms with E-state index < -0.39 is 26.5 Å². The van der Waals surface area contributed by atoms with E-state index in [1.54, 1.807) is 0 Å². The largest absolute Gasteiger partial charge is 0.472 e.